The number of hydrogen-bond acceptors (Lipinski definition) is 7. The zero-order valence-electron chi connectivity index (χ0n) is 19.9. The molecule has 9 nitrogen and oxygen atoms in total. The Kier molecular flexibility index (Phi) is 5.72. The molecule has 0 bridgehead atoms. The number of imide groups is 2. The van der Waals surface area contributed by atoms with Crippen molar-refractivity contribution in [2.45, 2.75) is 31.2 Å². The zero-order chi connectivity index (χ0) is 25.6. The quantitative estimate of drug-likeness (QED) is 0.497. The van der Waals surface area contributed by atoms with E-state index in [0.29, 0.717) is 41.7 Å². The Morgan fingerprint density at radius 3 is 2.38 bits per heavy atom. The van der Waals surface area contributed by atoms with E-state index in [1.54, 1.807) is 23.2 Å². The van der Waals surface area contributed by atoms with Crippen LogP contribution >= 0.6 is 11.6 Å². The Labute approximate surface area is 218 Å². The van der Waals surface area contributed by atoms with Crippen LogP contribution in [0.25, 0.3) is 0 Å². The molecule has 3 aliphatic heterocycles. The van der Waals surface area contributed by atoms with Crippen molar-refractivity contribution in [3.05, 3.63) is 71.4 Å². The molecule has 2 saturated heterocycles. The van der Waals surface area contributed by atoms with Crippen molar-refractivity contribution in [3.63, 3.8) is 0 Å². The number of halogens is 1. The average Bonchev–Trinajstić information content (AvgIpc) is 3.35. The number of anilines is 3. The summed E-state index contributed by atoms with van der Waals surface area (Å²) in [5.74, 6) is -0.149. The highest BCUT2D eigenvalue weighted by Crippen LogP contribution is 2.43. The molecule has 0 saturated carbocycles. The molecular formula is C27H24ClN5O4. The van der Waals surface area contributed by atoms with E-state index in [9.17, 15) is 14.4 Å². The van der Waals surface area contributed by atoms with Crippen LogP contribution in [0.5, 0.6) is 11.6 Å². The van der Waals surface area contributed by atoms with Crippen LogP contribution < -0.4 is 25.2 Å². The molecule has 1 aromatic heterocycles. The molecule has 4 amide bonds. The van der Waals surface area contributed by atoms with Gasteiger partial charge in [0.1, 0.15) is 0 Å². The second-order valence-electron chi connectivity index (χ2n) is 9.31. The number of carbonyl (C=O) groups is 3. The molecule has 37 heavy (non-hydrogen) atoms. The fourth-order valence-electron chi connectivity index (χ4n) is 5.47. The summed E-state index contributed by atoms with van der Waals surface area (Å²) in [7, 11) is 0. The van der Waals surface area contributed by atoms with Gasteiger partial charge >= 0.3 is 6.03 Å². The van der Waals surface area contributed by atoms with Crippen LogP contribution in [0.3, 0.4) is 0 Å². The van der Waals surface area contributed by atoms with Gasteiger partial charge in [0.05, 0.1) is 17.6 Å². The van der Waals surface area contributed by atoms with Gasteiger partial charge in [0.25, 0.3) is 11.8 Å². The lowest BCUT2D eigenvalue weighted by molar-refractivity contribution is -0.137. The van der Waals surface area contributed by atoms with E-state index in [2.05, 4.69) is 26.6 Å². The first kappa shape index (κ1) is 23.3. The monoisotopic (exact) mass is 517 g/mol. The molecule has 2 aromatic carbocycles. The number of fused-ring (bicyclic) bond motifs is 1. The summed E-state index contributed by atoms with van der Waals surface area (Å²) < 4.78 is 6.26. The number of aromatic nitrogens is 1. The molecule has 0 atom stereocenters. The van der Waals surface area contributed by atoms with Crippen molar-refractivity contribution in [3.8, 4) is 11.6 Å². The van der Waals surface area contributed by atoms with Gasteiger partial charge in [-0.05, 0) is 67.6 Å². The predicted octanol–water partition coefficient (Wildman–Crippen LogP) is 4.32. The van der Waals surface area contributed by atoms with Crippen molar-refractivity contribution < 1.29 is 19.1 Å². The van der Waals surface area contributed by atoms with Crippen LogP contribution in [0.2, 0.25) is 5.02 Å². The van der Waals surface area contributed by atoms with E-state index in [0.717, 1.165) is 30.8 Å². The molecule has 3 aromatic rings. The van der Waals surface area contributed by atoms with Crippen LogP contribution in [-0.4, -0.2) is 41.5 Å². The Balaban J connectivity index is 1.28. The molecule has 3 aliphatic rings. The molecule has 2 fully saturated rings. The molecule has 2 N–H and O–H groups in total. The second kappa shape index (κ2) is 9.08. The first-order valence-electron chi connectivity index (χ1n) is 12.2. The zero-order valence-corrected chi connectivity index (χ0v) is 20.6. The first-order valence-corrected chi connectivity index (χ1v) is 12.6. The lowest BCUT2D eigenvalue weighted by atomic mass is 9.92. The van der Waals surface area contributed by atoms with Crippen LogP contribution in [0.1, 0.15) is 24.8 Å². The number of nitrogens with one attached hydrogen (secondary N) is 2. The number of aryl methyl sites for hydroxylation is 1. The molecular weight excluding hydrogens is 494 g/mol. The van der Waals surface area contributed by atoms with Gasteiger partial charge in [0, 0.05) is 29.9 Å². The summed E-state index contributed by atoms with van der Waals surface area (Å²) in [6.45, 7) is 1.34. The number of nitrogens with zero attached hydrogens (tertiary/aromatic N) is 3. The summed E-state index contributed by atoms with van der Waals surface area (Å²) in [5.41, 5.74) is 2.36. The van der Waals surface area contributed by atoms with Gasteiger partial charge in [0.2, 0.25) is 5.88 Å². The van der Waals surface area contributed by atoms with Crippen molar-refractivity contribution in [1.82, 2.24) is 15.6 Å². The maximum atomic E-state index is 12.7. The van der Waals surface area contributed by atoms with E-state index in [-0.39, 0.29) is 0 Å². The Morgan fingerprint density at radius 1 is 0.892 bits per heavy atom. The Hall–Kier alpha value is -4.11. The fourth-order valence-corrected chi connectivity index (χ4v) is 5.60. The summed E-state index contributed by atoms with van der Waals surface area (Å²) in [4.78, 5) is 45.5. The molecule has 4 heterocycles. The number of urea groups is 1. The minimum absolute atomic E-state index is 0.312. The molecule has 6 rings (SSSR count). The highest BCUT2D eigenvalue weighted by molar-refractivity contribution is 6.30. The maximum absolute atomic E-state index is 12.7. The molecule has 0 unspecified atom stereocenters. The van der Waals surface area contributed by atoms with E-state index >= 15 is 0 Å². The number of ether oxygens (including phenoxy) is 1. The van der Waals surface area contributed by atoms with Crippen LogP contribution in [-0.2, 0) is 16.0 Å². The van der Waals surface area contributed by atoms with Gasteiger partial charge in [-0.1, -0.05) is 23.7 Å². The third kappa shape index (κ3) is 3.95. The molecule has 188 valence electrons. The normalized spacial score (nSPS) is 18.5. The van der Waals surface area contributed by atoms with Crippen molar-refractivity contribution >= 4 is 46.5 Å². The van der Waals surface area contributed by atoms with Gasteiger partial charge < -0.3 is 14.5 Å². The SMILES string of the molecule is O=C1NC(=O)C2(CCCN2c2ccc(Oc3cccc4c3N(c3ccc(Cl)cc3)CCC4)nc2)C(=O)N1. The van der Waals surface area contributed by atoms with Crippen LogP contribution in [0.4, 0.5) is 21.9 Å². The number of amides is 4. The number of barbiturate groups is 1. The van der Waals surface area contributed by atoms with E-state index in [4.69, 9.17) is 16.3 Å². The third-order valence-corrected chi connectivity index (χ3v) is 7.40. The summed E-state index contributed by atoms with van der Waals surface area (Å²) in [6.07, 6.45) is 4.51. The van der Waals surface area contributed by atoms with Gasteiger partial charge in [-0.25, -0.2) is 9.78 Å². The number of benzene rings is 2. The van der Waals surface area contributed by atoms with Crippen molar-refractivity contribution in [2.24, 2.45) is 0 Å². The fraction of sp³-hybridized carbons (Fsp3) is 0.259. The largest absolute Gasteiger partial charge is 0.437 e. The predicted molar refractivity (Wildman–Crippen MR) is 139 cm³/mol. The number of para-hydroxylation sites is 1. The Morgan fingerprint density at radius 2 is 1.65 bits per heavy atom. The lowest BCUT2D eigenvalue weighted by Gasteiger charge is -2.38. The van der Waals surface area contributed by atoms with E-state index in [1.807, 2.05) is 36.4 Å². The topological polar surface area (TPSA) is 104 Å². The number of rotatable bonds is 4. The standard InChI is InChI=1S/C27H24ClN5O4/c28-18-7-9-19(10-8-18)32-14-2-5-17-4-1-6-21(23(17)32)37-22-12-11-20(16-29-22)33-15-3-13-27(33)24(34)30-26(36)31-25(27)35/h1,4,6-12,16H,2-3,5,13-15H2,(H2,30,31,34,35,36). The summed E-state index contributed by atoms with van der Waals surface area (Å²) in [5, 5.41) is 5.14. The molecule has 1 spiro atoms. The number of hydrogen-bond donors (Lipinski definition) is 2. The van der Waals surface area contributed by atoms with Crippen molar-refractivity contribution in [1.29, 1.82) is 0 Å². The minimum atomic E-state index is -1.46. The molecule has 0 aliphatic carbocycles. The Bertz CT molecular complexity index is 1370. The lowest BCUT2D eigenvalue weighted by Crippen LogP contribution is -2.71. The number of carbonyl (C=O) groups excluding carboxylic acids is 3. The second-order valence-corrected chi connectivity index (χ2v) is 9.74. The van der Waals surface area contributed by atoms with E-state index < -0.39 is 23.4 Å². The summed E-state index contributed by atoms with van der Waals surface area (Å²) >= 11 is 6.11. The smallest absolute Gasteiger partial charge is 0.328 e. The third-order valence-electron chi connectivity index (χ3n) is 7.15. The van der Waals surface area contributed by atoms with Gasteiger partial charge in [-0.3, -0.25) is 20.2 Å². The minimum Gasteiger partial charge on any atom is -0.437 e. The van der Waals surface area contributed by atoms with Gasteiger partial charge in [-0.15, -0.1) is 0 Å². The van der Waals surface area contributed by atoms with Crippen LogP contribution in [0, 0.1) is 0 Å². The first-order chi connectivity index (χ1) is 18.0. The number of pyridine rings is 1. The van der Waals surface area contributed by atoms with Gasteiger partial charge in [0.15, 0.2) is 11.3 Å². The molecule has 10 heteroatoms. The summed E-state index contributed by atoms with van der Waals surface area (Å²) in [6, 6.07) is 16.5. The van der Waals surface area contributed by atoms with E-state index in [1.165, 1.54) is 5.56 Å². The van der Waals surface area contributed by atoms with Crippen molar-refractivity contribution in [2.75, 3.05) is 22.9 Å². The molecule has 0 radical (unpaired) electrons. The van der Waals surface area contributed by atoms with Gasteiger partial charge in [-0.2, -0.15) is 0 Å². The van der Waals surface area contributed by atoms with Crippen LogP contribution in [0.15, 0.2) is 60.8 Å². The maximum Gasteiger partial charge on any atom is 0.328 e. The highest BCUT2D eigenvalue weighted by atomic mass is 35.5. The average molecular weight is 518 g/mol. The highest BCUT2D eigenvalue weighted by Gasteiger charge is 2.57.